The Morgan fingerprint density at radius 3 is 2.92 bits per heavy atom. The van der Waals surface area contributed by atoms with Gasteiger partial charge in [-0.15, -0.1) is 0 Å². The summed E-state index contributed by atoms with van der Waals surface area (Å²) in [6.45, 7) is 0. The largest absolute Gasteiger partial charge is 0.478 e. The van der Waals surface area contributed by atoms with Gasteiger partial charge in [0.2, 0.25) is 0 Å². The van der Waals surface area contributed by atoms with E-state index < -0.39 is 5.97 Å². The van der Waals surface area contributed by atoms with E-state index in [1.807, 2.05) is 22.6 Å². The van der Waals surface area contributed by atoms with E-state index in [0.29, 0.717) is 14.7 Å². The summed E-state index contributed by atoms with van der Waals surface area (Å²) >= 11 is 2.01. The molecule has 0 unspecified atom stereocenters. The lowest BCUT2D eigenvalue weighted by Crippen LogP contribution is -1.95. The molecule has 2 aromatic rings. The average molecular weight is 288 g/mol. The van der Waals surface area contributed by atoms with Crippen LogP contribution in [0.4, 0.5) is 0 Å². The Labute approximate surface area is 87.5 Å². The minimum Gasteiger partial charge on any atom is -0.478 e. The number of carbonyl (C=O) groups is 1. The van der Waals surface area contributed by atoms with Crippen molar-refractivity contribution in [3.63, 3.8) is 0 Å². The predicted molar refractivity (Wildman–Crippen MR) is 55.9 cm³/mol. The zero-order valence-electron chi connectivity index (χ0n) is 6.45. The number of carboxylic acid groups (broad SMARTS) is 1. The molecule has 0 bridgehead atoms. The first-order valence-corrected chi connectivity index (χ1v) is 4.68. The quantitative estimate of drug-likeness (QED) is 0.821. The van der Waals surface area contributed by atoms with Crippen LogP contribution in [-0.4, -0.2) is 11.1 Å². The third-order valence-electron chi connectivity index (χ3n) is 1.76. The smallest absolute Gasteiger partial charge is 0.336 e. The molecule has 0 saturated heterocycles. The lowest BCUT2D eigenvalue weighted by Gasteiger charge is -1.93. The molecule has 66 valence electrons. The van der Waals surface area contributed by atoms with Crippen LogP contribution in [0.1, 0.15) is 10.4 Å². The van der Waals surface area contributed by atoms with E-state index in [9.17, 15) is 4.79 Å². The summed E-state index contributed by atoms with van der Waals surface area (Å²) in [5.74, 6) is -0.928. The van der Waals surface area contributed by atoms with Crippen LogP contribution in [0.5, 0.6) is 0 Å². The van der Waals surface area contributed by atoms with Gasteiger partial charge in [0.25, 0.3) is 0 Å². The van der Waals surface area contributed by atoms with Gasteiger partial charge in [-0.05, 0) is 40.8 Å². The van der Waals surface area contributed by atoms with Gasteiger partial charge in [-0.25, -0.2) is 4.79 Å². The highest BCUT2D eigenvalue weighted by Gasteiger charge is 2.10. The van der Waals surface area contributed by atoms with E-state index in [-0.39, 0.29) is 5.56 Å². The minimum atomic E-state index is -0.928. The van der Waals surface area contributed by atoms with Gasteiger partial charge in [-0.2, -0.15) is 0 Å². The normalized spacial score (nSPS) is 10.5. The van der Waals surface area contributed by atoms with Crippen molar-refractivity contribution in [2.24, 2.45) is 0 Å². The molecular weight excluding hydrogens is 283 g/mol. The molecule has 2 rings (SSSR count). The molecule has 4 heteroatoms. The molecule has 0 aliphatic carbocycles. The fraction of sp³-hybridized carbons (Fsp3) is 0. The monoisotopic (exact) mass is 288 g/mol. The maximum Gasteiger partial charge on any atom is 0.336 e. The van der Waals surface area contributed by atoms with Crippen molar-refractivity contribution in [2.45, 2.75) is 0 Å². The number of furan rings is 1. The predicted octanol–water partition coefficient (Wildman–Crippen LogP) is 2.74. The highest BCUT2D eigenvalue weighted by molar-refractivity contribution is 14.1. The number of benzene rings is 1. The van der Waals surface area contributed by atoms with E-state index in [1.54, 1.807) is 24.3 Å². The third kappa shape index (κ3) is 1.41. The minimum absolute atomic E-state index is 0.282. The fourth-order valence-corrected chi connectivity index (χ4v) is 1.77. The molecular formula is C9H5IO3. The number of halogens is 1. The summed E-state index contributed by atoms with van der Waals surface area (Å²) in [5.41, 5.74) is 0.897. The van der Waals surface area contributed by atoms with Crippen molar-refractivity contribution in [2.75, 3.05) is 0 Å². The van der Waals surface area contributed by atoms with Crippen molar-refractivity contribution < 1.29 is 14.3 Å². The summed E-state index contributed by atoms with van der Waals surface area (Å²) in [4.78, 5) is 10.8. The van der Waals surface area contributed by atoms with Crippen LogP contribution in [0.3, 0.4) is 0 Å². The van der Waals surface area contributed by atoms with Gasteiger partial charge in [0, 0.05) is 5.39 Å². The van der Waals surface area contributed by atoms with Crippen LogP contribution in [0.15, 0.2) is 28.7 Å². The first-order chi connectivity index (χ1) is 6.18. The standard InChI is InChI=1S/C9H5IO3/c10-8-4-6-5(9(11)12)2-1-3-7(6)13-8/h1-4H,(H,11,12). The average Bonchev–Trinajstić information content (AvgIpc) is 2.43. The second-order valence-corrected chi connectivity index (χ2v) is 3.64. The molecule has 0 radical (unpaired) electrons. The van der Waals surface area contributed by atoms with Crippen LogP contribution < -0.4 is 0 Å². The topological polar surface area (TPSA) is 50.4 Å². The van der Waals surface area contributed by atoms with E-state index >= 15 is 0 Å². The van der Waals surface area contributed by atoms with Gasteiger partial charge in [0.1, 0.15) is 5.58 Å². The van der Waals surface area contributed by atoms with E-state index in [2.05, 4.69) is 0 Å². The summed E-state index contributed by atoms with van der Waals surface area (Å²) in [6.07, 6.45) is 0. The first-order valence-electron chi connectivity index (χ1n) is 3.60. The molecule has 0 atom stereocenters. The van der Waals surface area contributed by atoms with Gasteiger partial charge in [-0.3, -0.25) is 0 Å². The lowest BCUT2D eigenvalue weighted by molar-refractivity contribution is 0.0699. The Balaban J connectivity index is 2.82. The SMILES string of the molecule is O=C(O)c1cccc2oc(I)cc12. The molecule has 0 spiro atoms. The van der Waals surface area contributed by atoms with Gasteiger partial charge in [-0.1, -0.05) is 6.07 Å². The highest BCUT2D eigenvalue weighted by Crippen LogP contribution is 2.23. The Hall–Kier alpha value is -1.04. The van der Waals surface area contributed by atoms with Crippen molar-refractivity contribution >= 4 is 39.5 Å². The molecule has 0 aliphatic heterocycles. The summed E-state index contributed by atoms with van der Waals surface area (Å²) in [7, 11) is 0. The number of hydrogen-bond acceptors (Lipinski definition) is 2. The van der Waals surface area contributed by atoms with Gasteiger partial charge in [0.15, 0.2) is 3.77 Å². The van der Waals surface area contributed by atoms with Gasteiger partial charge < -0.3 is 9.52 Å². The van der Waals surface area contributed by atoms with Crippen molar-refractivity contribution in [3.05, 3.63) is 33.6 Å². The van der Waals surface area contributed by atoms with Crippen LogP contribution in [-0.2, 0) is 0 Å². The van der Waals surface area contributed by atoms with Crippen molar-refractivity contribution in [1.82, 2.24) is 0 Å². The Kier molecular flexibility index (Phi) is 1.99. The second kappa shape index (κ2) is 3.02. The molecule has 3 nitrogen and oxygen atoms in total. The number of carboxylic acids is 1. The zero-order valence-corrected chi connectivity index (χ0v) is 8.61. The molecule has 1 heterocycles. The summed E-state index contributed by atoms with van der Waals surface area (Å²) in [6, 6.07) is 6.71. The molecule has 1 N–H and O–H groups in total. The maximum absolute atomic E-state index is 10.8. The lowest BCUT2D eigenvalue weighted by atomic mass is 10.1. The number of aromatic carboxylic acids is 1. The second-order valence-electron chi connectivity index (χ2n) is 2.57. The summed E-state index contributed by atoms with van der Waals surface area (Å²) in [5, 5.41) is 9.50. The Morgan fingerprint density at radius 1 is 1.46 bits per heavy atom. The molecule has 0 saturated carbocycles. The van der Waals surface area contributed by atoms with Crippen molar-refractivity contribution in [1.29, 1.82) is 0 Å². The molecule has 1 aromatic carbocycles. The van der Waals surface area contributed by atoms with Gasteiger partial charge in [0.05, 0.1) is 5.56 Å². The Morgan fingerprint density at radius 2 is 2.23 bits per heavy atom. The zero-order chi connectivity index (χ0) is 9.42. The van der Waals surface area contributed by atoms with E-state index in [1.165, 1.54) is 0 Å². The highest BCUT2D eigenvalue weighted by atomic mass is 127. The molecule has 0 fully saturated rings. The molecule has 13 heavy (non-hydrogen) atoms. The number of fused-ring (bicyclic) bond motifs is 1. The van der Waals surface area contributed by atoms with Crippen LogP contribution in [0.25, 0.3) is 11.0 Å². The third-order valence-corrected chi connectivity index (χ3v) is 2.29. The van der Waals surface area contributed by atoms with Gasteiger partial charge >= 0.3 is 5.97 Å². The van der Waals surface area contributed by atoms with Crippen LogP contribution in [0.2, 0.25) is 0 Å². The van der Waals surface area contributed by atoms with Crippen LogP contribution in [0, 0.1) is 3.77 Å². The van der Waals surface area contributed by atoms with E-state index in [4.69, 9.17) is 9.52 Å². The van der Waals surface area contributed by atoms with Crippen LogP contribution >= 0.6 is 22.6 Å². The molecule has 0 amide bonds. The van der Waals surface area contributed by atoms with E-state index in [0.717, 1.165) is 0 Å². The molecule has 0 aliphatic rings. The first kappa shape index (κ1) is 8.55. The Bertz CT molecular complexity index is 473. The summed E-state index contributed by atoms with van der Waals surface area (Å²) < 4.78 is 5.98. The number of hydrogen-bond donors (Lipinski definition) is 1. The number of rotatable bonds is 1. The maximum atomic E-state index is 10.8. The molecule has 1 aromatic heterocycles. The van der Waals surface area contributed by atoms with Crippen molar-refractivity contribution in [3.8, 4) is 0 Å². The fourth-order valence-electron chi connectivity index (χ4n) is 1.22.